The Morgan fingerprint density at radius 3 is 2.68 bits per heavy atom. The number of hydrogen-bond acceptors (Lipinski definition) is 3. The van der Waals surface area contributed by atoms with Crippen LogP contribution in [-0.2, 0) is 11.3 Å². The largest absolute Gasteiger partial charge is 0.398 e. The van der Waals surface area contributed by atoms with Gasteiger partial charge in [0.1, 0.15) is 0 Å². The van der Waals surface area contributed by atoms with E-state index in [2.05, 4.69) is 26.1 Å². The molecule has 0 atom stereocenters. The minimum Gasteiger partial charge on any atom is -0.398 e. The SMILES string of the molecule is CCN(CC(=O)NC(C)C)Cc1c(N)cccc1Br. The predicted molar refractivity (Wildman–Crippen MR) is 82.8 cm³/mol. The second-order valence-electron chi connectivity index (χ2n) is 4.83. The molecule has 106 valence electrons. The summed E-state index contributed by atoms with van der Waals surface area (Å²) in [6.07, 6.45) is 0. The summed E-state index contributed by atoms with van der Waals surface area (Å²) in [4.78, 5) is 13.9. The van der Waals surface area contributed by atoms with Gasteiger partial charge in [-0.1, -0.05) is 28.9 Å². The molecular formula is C14H22BrN3O. The van der Waals surface area contributed by atoms with Crippen LogP contribution in [0.2, 0.25) is 0 Å². The van der Waals surface area contributed by atoms with Gasteiger partial charge in [0.25, 0.3) is 0 Å². The van der Waals surface area contributed by atoms with Crippen LogP contribution in [0.1, 0.15) is 26.3 Å². The molecule has 1 rings (SSSR count). The smallest absolute Gasteiger partial charge is 0.234 e. The van der Waals surface area contributed by atoms with Crippen LogP contribution in [0.3, 0.4) is 0 Å². The Morgan fingerprint density at radius 2 is 2.16 bits per heavy atom. The normalized spacial score (nSPS) is 11.1. The lowest BCUT2D eigenvalue weighted by Gasteiger charge is -2.22. The molecule has 0 aliphatic heterocycles. The third-order valence-electron chi connectivity index (χ3n) is 2.80. The summed E-state index contributed by atoms with van der Waals surface area (Å²) in [5.41, 5.74) is 7.76. The van der Waals surface area contributed by atoms with E-state index >= 15 is 0 Å². The molecule has 0 aromatic heterocycles. The van der Waals surface area contributed by atoms with Crippen molar-refractivity contribution in [2.45, 2.75) is 33.4 Å². The van der Waals surface area contributed by atoms with Crippen molar-refractivity contribution in [1.82, 2.24) is 10.2 Å². The molecule has 0 fully saturated rings. The molecule has 1 amide bonds. The fraction of sp³-hybridized carbons (Fsp3) is 0.500. The lowest BCUT2D eigenvalue weighted by Crippen LogP contribution is -2.39. The number of nitrogens with two attached hydrogens (primary N) is 1. The summed E-state index contributed by atoms with van der Waals surface area (Å²) >= 11 is 3.50. The minimum absolute atomic E-state index is 0.0440. The van der Waals surface area contributed by atoms with Crippen molar-refractivity contribution < 1.29 is 4.79 Å². The Kier molecular flexibility index (Phi) is 6.31. The number of nitrogens with one attached hydrogen (secondary N) is 1. The summed E-state index contributed by atoms with van der Waals surface area (Å²) in [5, 5.41) is 2.90. The van der Waals surface area contributed by atoms with Crippen LogP contribution in [-0.4, -0.2) is 29.9 Å². The van der Waals surface area contributed by atoms with Gasteiger partial charge in [0, 0.05) is 28.3 Å². The van der Waals surface area contributed by atoms with E-state index in [1.54, 1.807) is 0 Å². The number of carbonyl (C=O) groups is 1. The van der Waals surface area contributed by atoms with E-state index in [0.717, 1.165) is 22.3 Å². The Hall–Kier alpha value is -1.07. The van der Waals surface area contributed by atoms with E-state index in [9.17, 15) is 4.79 Å². The van der Waals surface area contributed by atoms with Gasteiger partial charge in [0.05, 0.1) is 6.54 Å². The molecule has 19 heavy (non-hydrogen) atoms. The molecule has 0 aliphatic carbocycles. The number of hydrogen-bond donors (Lipinski definition) is 2. The first kappa shape index (κ1) is 16.0. The molecule has 4 nitrogen and oxygen atoms in total. The predicted octanol–water partition coefficient (Wildman–Crippen LogP) is 2.38. The summed E-state index contributed by atoms with van der Waals surface area (Å²) in [6, 6.07) is 5.92. The molecule has 0 saturated carbocycles. The van der Waals surface area contributed by atoms with Gasteiger partial charge in [0.15, 0.2) is 0 Å². The first-order valence-electron chi connectivity index (χ1n) is 6.48. The molecule has 0 unspecified atom stereocenters. The van der Waals surface area contributed by atoms with Crippen LogP contribution in [0.5, 0.6) is 0 Å². The van der Waals surface area contributed by atoms with Gasteiger partial charge in [-0.05, 0) is 32.5 Å². The number of carbonyl (C=O) groups excluding carboxylic acids is 1. The molecule has 0 aliphatic rings. The minimum atomic E-state index is 0.0440. The van der Waals surface area contributed by atoms with Crippen LogP contribution in [0.15, 0.2) is 22.7 Å². The molecule has 0 bridgehead atoms. The van der Waals surface area contributed by atoms with E-state index in [1.165, 1.54) is 0 Å². The number of likely N-dealkylation sites (N-methyl/N-ethyl adjacent to an activating group) is 1. The van der Waals surface area contributed by atoms with Crippen molar-refractivity contribution in [2.75, 3.05) is 18.8 Å². The Labute approximate surface area is 123 Å². The maximum absolute atomic E-state index is 11.8. The van der Waals surface area contributed by atoms with Gasteiger partial charge in [0.2, 0.25) is 5.91 Å². The maximum Gasteiger partial charge on any atom is 0.234 e. The zero-order valence-electron chi connectivity index (χ0n) is 11.7. The van der Waals surface area contributed by atoms with Gasteiger partial charge < -0.3 is 11.1 Å². The molecule has 1 aromatic rings. The van der Waals surface area contributed by atoms with Gasteiger partial charge in [-0.3, -0.25) is 9.69 Å². The maximum atomic E-state index is 11.8. The number of benzene rings is 1. The number of nitrogens with zero attached hydrogens (tertiary/aromatic N) is 1. The average Bonchev–Trinajstić information content (AvgIpc) is 2.31. The number of amides is 1. The van der Waals surface area contributed by atoms with Gasteiger partial charge >= 0.3 is 0 Å². The van der Waals surface area contributed by atoms with Gasteiger partial charge in [-0.2, -0.15) is 0 Å². The van der Waals surface area contributed by atoms with E-state index in [4.69, 9.17) is 5.73 Å². The van der Waals surface area contributed by atoms with Gasteiger partial charge in [-0.25, -0.2) is 0 Å². The average molecular weight is 328 g/mol. The highest BCUT2D eigenvalue weighted by Crippen LogP contribution is 2.23. The van der Waals surface area contributed by atoms with Crippen LogP contribution in [0.4, 0.5) is 5.69 Å². The van der Waals surface area contributed by atoms with E-state index in [1.807, 2.05) is 39.0 Å². The third-order valence-corrected chi connectivity index (χ3v) is 3.54. The van der Waals surface area contributed by atoms with Crippen molar-refractivity contribution >= 4 is 27.5 Å². The molecule has 5 heteroatoms. The summed E-state index contributed by atoms with van der Waals surface area (Å²) in [5.74, 6) is 0.0440. The molecule has 0 radical (unpaired) electrons. The zero-order valence-corrected chi connectivity index (χ0v) is 13.3. The Morgan fingerprint density at radius 1 is 1.47 bits per heavy atom. The second kappa shape index (κ2) is 7.50. The highest BCUT2D eigenvalue weighted by molar-refractivity contribution is 9.10. The highest BCUT2D eigenvalue weighted by atomic mass is 79.9. The molecule has 0 spiro atoms. The molecule has 3 N–H and O–H groups in total. The molecular weight excluding hydrogens is 306 g/mol. The van der Waals surface area contributed by atoms with Crippen molar-refractivity contribution in [1.29, 1.82) is 0 Å². The lowest BCUT2D eigenvalue weighted by molar-refractivity contribution is -0.122. The zero-order chi connectivity index (χ0) is 14.4. The van der Waals surface area contributed by atoms with E-state index in [0.29, 0.717) is 13.1 Å². The fourth-order valence-corrected chi connectivity index (χ4v) is 2.32. The topological polar surface area (TPSA) is 58.4 Å². The molecule has 0 saturated heterocycles. The second-order valence-corrected chi connectivity index (χ2v) is 5.69. The summed E-state index contributed by atoms with van der Waals surface area (Å²) in [6.45, 7) is 7.80. The quantitative estimate of drug-likeness (QED) is 0.788. The van der Waals surface area contributed by atoms with Gasteiger partial charge in [-0.15, -0.1) is 0 Å². The third kappa shape index (κ3) is 5.20. The summed E-state index contributed by atoms with van der Waals surface area (Å²) in [7, 11) is 0. The Bertz CT molecular complexity index is 414. The van der Waals surface area contributed by atoms with Crippen molar-refractivity contribution in [3.8, 4) is 0 Å². The summed E-state index contributed by atoms with van der Waals surface area (Å²) < 4.78 is 0.982. The number of rotatable bonds is 6. The van der Waals surface area contributed by atoms with Crippen LogP contribution in [0, 0.1) is 0 Å². The van der Waals surface area contributed by atoms with Crippen molar-refractivity contribution in [2.24, 2.45) is 0 Å². The van der Waals surface area contributed by atoms with E-state index in [-0.39, 0.29) is 11.9 Å². The molecule has 0 heterocycles. The van der Waals surface area contributed by atoms with Crippen LogP contribution >= 0.6 is 15.9 Å². The first-order chi connectivity index (χ1) is 8.93. The molecule has 1 aromatic carbocycles. The number of nitrogen functional groups attached to an aromatic ring is 1. The van der Waals surface area contributed by atoms with Crippen molar-refractivity contribution in [3.63, 3.8) is 0 Å². The number of anilines is 1. The van der Waals surface area contributed by atoms with Crippen molar-refractivity contribution in [3.05, 3.63) is 28.2 Å². The fourth-order valence-electron chi connectivity index (χ4n) is 1.82. The standard InChI is InChI=1S/C14H22BrN3O/c1-4-18(9-14(19)17-10(2)3)8-11-12(15)6-5-7-13(11)16/h5-7,10H,4,8-9,16H2,1-3H3,(H,17,19). The van der Waals surface area contributed by atoms with Crippen LogP contribution < -0.4 is 11.1 Å². The Balaban J connectivity index is 2.69. The monoisotopic (exact) mass is 327 g/mol. The first-order valence-corrected chi connectivity index (χ1v) is 7.28. The van der Waals surface area contributed by atoms with E-state index < -0.39 is 0 Å². The van der Waals surface area contributed by atoms with Crippen LogP contribution in [0.25, 0.3) is 0 Å². The number of halogens is 1. The highest BCUT2D eigenvalue weighted by Gasteiger charge is 2.13. The lowest BCUT2D eigenvalue weighted by atomic mass is 10.1.